The van der Waals surface area contributed by atoms with Gasteiger partial charge in [0.2, 0.25) is 5.91 Å². The van der Waals surface area contributed by atoms with Crippen LogP contribution in [0.3, 0.4) is 0 Å². The molecule has 0 aliphatic heterocycles. The second kappa shape index (κ2) is 11.5. The van der Waals surface area contributed by atoms with Crippen molar-refractivity contribution < 1.29 is 32.7 Å². The highest BCUT2D eigenvalue weighted by Gasteiger charge is 2.27. The maximum atomic E-state index is 13.0. The van der Waals surface area contributed by atoms with Crippen molar-refractivity contribution in [2.24, 2.45) is 0 Å². The van der Waals surface area contributed by atoms with E-state index in [2.05, 4.69) is 5.32 Å². The van der Waals surface area contributed by atoms with Gasteiger partial charge in [0.15, 0.2) is 0 Å². The van der Waals surface area contributed by atoms with Gasteiger partial charge in [-0.05, 0) is 50.6 Å². The van der Waals surface area contributed by atoms with Crippen LogP contribution in [0.15, 0.2) is 45.6 Å². The minimum Gasteiger partial charge on any atom is -0.468 e. The zero-order valence-electron chi connectivity index (χ0n) is 18.7. The minimum atomic E-state index is -0.611. The fourth-order valence-corrected chi connectivity index (χ4v) is 4.33. The number of esters is 2. The van der Waals surface area contributed by atoms with E-state index in [1.165, 1.54) is 0 Å². The van der Waals surface area contributed by atoms with Crippen LogP contribution >= 0.6 is 11.3 Å². The summed E-state index contributed by atoms with van der Waals surface area (Å²) in [5.74, 6) is -0.143. The van der Waals surface area contributed by atoms with Gasteiger partial charge < -0.3 is 23.6 Å². The molecular weight excluding hydrogens is 448 g/mol. The molecule has 0 radical (unpaired) electrons. The van der Waals surface area contributed by atoms with Crippen molar-refractivity contribution in [1.29, 1.82) is 0 Å². The molecule has 176 valence electrons. The maximum Gasteiger partial charge on any atom is 0.348 e. The third-order valence-corrected chi connectivity index (χ3v) is 5.81. The van der Waals surface area contributed by atoms with E-state index in [1.807, 2.05) is 17.0 Å². The van der Waals surface area contributed by atoms with Gasteiger partial charge >= 0.3 is 11.9 Å². The Bertz CT molecular complexity index is 1030. The number of rotatable bonds is 11. The number of carbonyl (C=O) groups is 3. The van der Waals surface area contributed by atoms with Gasteiger partial charge in [0.1, 0.15) is 21.4 Å². The molecule has 0 fully saturated rings. The van der Waals surface area contributed by atoms with E-state index in [9.17, 15) is 14.4 Å². The number of amides is 1. The molecule has 10 heteroatoms. The van der Waals surface area contributed by atoms with Crippen molar-refractivity contribution in [2.45, 2.75) is 33.9 Å². The summed E-state index contributed by atoms with van der Waals surface area (Å²) in [5, 5.41) is 3.01. The number of thiophene rings is 1. The molecule has 0 aliphatic carbocycles. The van der Waals surface area contributed by atoms with Gasteiger partial charge in [0, 0.05) is 0 Å². The summed E-state index contributed by atoms with van der Waals surface area (Å²) >= 11 is 0.992. The lowest BCUT2D eigenvalue weighted by atomic mass is 10.1. The maximum absolute atomic E-state index is 13.0. The van der Waals surface area contributed by atoms with Crippen LogP contribution < -0.4 is 5.32 Å². The first kappa shape index (κ1) is 24.3. The Morgan fingerprint density at radius 2 is 1.55 bits per heavy atom. The Hall–Kier alpha value is -3.37. The van der Waals surface area contributed by atoms with Crippen molar-refractivity contribution in [3.05, 3.63) is 64.3 Å². The number of anilines is 1. The lowest BCUT2D eigenvalue weighted by molar-refractivity contribution is -0.117. The monoisotopic (exact) mass is 474 g/mol. The number of carbonyl (C=O) groups excluding carboxylic acids is 3. The van der Waals surface area contributed by atoms with Crippen LogP contribution in [0.2, 0.25) is 0 Å². The summed E-state index contributed by atoms with van der Waals surface area (Å²) in [7, 11) is 0. The quantitative estimate of drug-likeness (QED) is 0.411. The molecule has 1 N–H and O–H groups in total. The molecule has 3 aromatic rings. The minimum absolute atomic E-state index is 0.00461. The Kier molecular flexibility index (Phi) is 8.45. The third kappa shape index (κ3) is 6.33. The molecule has 0 bridgehead atoms. The van der Waals surface area contributed by atoms with E-state index in [1.54, 1.807) is 45.4 Å². The summed E-state index contributed by atoms with van der Waals surface area (Å²) in [6.07, 6.45) is 3.13. The molecule has 0 aromatic carbocycles. The molecule has 1 amide bonds. The first-order valence-electron chi connectivity index (χ1n) is 10.5. The fraction of sp³-hybridized carbons (Fsp3) is 0.348. The van der Waals surface area contributed by atoms with E-state index >= 15 is 0 Å². The van der Waals surface area contributed by atoms with Crippen LogP contribution in [0.4, 0.5) is 5.00 Å². The molecule has 0 atom stereocenters. The summed E-state index contributed by atoms with van der Waals surface area (Å²) < 4.78 is 21.0. The van der Waals surface area contributed by atoms with Crippen molar-refractivity contribution in [3.63, 3.8) is 0 Å². The van der Waals surface area contributed by atoms with E-state index in [-0.39, 0.29) is 41.1 Å². The van der Waals surface area contributed by atoms with Crippen LogP contribution in [0.5, 0.6) is 0 Å². The number of nitrogens with one attached hydrogen (secondary N) is 1. The predicted molar refractivity (Wildman–Crippen MR) is 121 cm³/mol. The zero-order valence-corrected chi connectivity index (χ0v) is 19.5. The highest BCUT2D eigenvalue weighted by molar-refractivity contribution is 7.18. The highest BCUT2D eigenvalue weighted by atomic mass is 32.1. The van der Waals surface area contributed by atoms with Crippen molar-refractivity contribution >= 4 is 34.2 Å². The van der Waals surface area contributed by atoms with Gasteiger partial charge in [-0.1, -0.05) is 0 Å². The topological polar surface area (TPSA) is 111 Å². The summed E-state index contributed by atoms with van der Waals surface area (Å²) in [5.41, 5.74) is 0.567. The molecule has 33 heavy (non-hydrogen) atoms. The van der Waals surface area contributed by atoms with E-state index < -0.39 is 11.9 Å². The highest BCUT2D eigenvalue weighted by Crippen LogP contribution is 2.34. The smallest absolute Gasteiger partial charge is 0.348 e. The second-order valence-electron chi connectivity index (χ2n) is 7.05. The largest absolute Gasteiger partial charge is 0.468 e. The van der Waals surface area contributed by atoms with Gasteiger partial charge in [-0.25, -0.2) is 9.59 Å². The summed E-state index contributed by atoms with van der Waals surface area (Å²) in [6, 6.07) is 7.19. The van der Waals surface area contributed by atoms with Gasteiger partial charge in [-0.3, -0.25) is 9.69 Å². The molecular formula is C23H26N2O7S. The van der Waals surface area contributed by atoms with Gasteiger partial charge in [-0.2, -0.15) is 0 Å². The average Bonchev–Trinajstić information content (AvgIpc) is 3.51. The SMILES string of the molecule is CCOC(=O)c1sc(NC(=O)CN(Cc2ccco2)Cc2ccco2)c(C(=O)OCC)c1C. The number of ether oxygens (including phenoxy) is 2. The Balaban J connectivity index is 1.80. The number of hydrogen-bond acceptors (Lipinski definition) is 9. The first-order chi connectivity index (χ1) is 15.9. The standard InChI is InChI=1S/C23H26N2O7S/c1-4-29-22(27)19-15(3)20(23(28)30-5-2)33-21(19)24-18(26)14-25(12-16-8-6-10-31-16)13-17-9-7-11-32-17/h6-11H,4-5,12-14H2,1-3H3,(H,24,26). The molecule has 0 saturated carbocycles. The third-order valence-electron chi connectivity index (χ3n) is 4.63. The van der Waals surface area contributed by atoms with Crippen LogP contribution in [0, 0.1) is 6.92 Å². The molecule has 0 saturated heterocycles. The molecule has 3 rings (SSSR count). The van der Waals surface area contributed by atoms with Crippen LogP contribution in [-0.2, 0) is 27.4 Å². The lowest BCUT2D eigenvalue weighted by Gasteiger charge is -2.19. The first-order valence-corrected chi connectivity index (χ1v) is 11.3. The van der Waals surface area contributed by atoms with Gasteiger partial charge in [0.25, 0.3) is 0 Å². The van der Waals surface area contributed by atoms with Gasteiger partial charge in [0.05, 0.1) is 50.9 Å². The Morgan fingerprint density at radius 1 is 0.970 bits per heavy atom. The molecule has 3 heterocycles. The second-order valence-corrected chi connectivity index (χ2v) is 8.07. The van der Waals surface area contributed by atoms with E-state index in [0.29, 0.717) is 30.2 Å². The molecule has 9 nitrogen and oxygen atoms in total. The van der Waals surface area contributed by atoms with Crippen LogP contribution in [-0.4, -0.2) is 42.5 Å². The predicted octanol–water partition coefficient (Wildman–Crippen LogP) is 4.24. The van der Waals surface area contributed by atoms with Gasteiger partial charge in [-0.15, -0.1) is 11.3 Å². The number of hydrogen-bond donors (Lipinski definition) is 1. The molecule has 0 unspecified atom stereocenters. The van der Waals surface area contributed by atoms with Crippen LogP contribution in [0.25, 0.3) is 0 Å². The van der Waals surface area contributed by atoms with Crippen molar-refractivity contribution in [3.8, 4) is 0 Å². The molecule has 0 aliphatic rings. The molecule has 3 aromatic heterocycles. The summed E-state index contributed by atoms with van der Waals surface area (Å²) in [6.45, 7) is 6.12. The Labute approximate surface area is 195 Å². The fourth-order valence-electron chi connectivity index (χ4n) is 3.22. The van der Waals surface area contributed by atoms with Crippen molar-refractivity contribution in [2.75, 3.05) is 25.1 Å². The number of furan rings is 2. The van der Waals surface area contributed by atoms with E-state index in [4.69, 9.17) is 18.3 Å². The Morgan fingerprint density at radius 3 is 2.06 bits per heavy atom. The normalized spacial score (nSPS) is 10.9. The number of nitrogens with zero attached hydrogens (tertiary/aromatic N) is 1. The van der Waals surface area contributed by atoms with Crippen molar-refractivity contribution in [1.82, 2.24) is 4.90 Å². The summed E-state index contributed by atoms with van der Waals surface area (Å²) in [4.78, 5) is 39.9. The van der Waals surface area contributed by atoms with E-state index in [0.717, 1.165) is 11.3 Å². The average molecular weight is 475 g/mol. The van der Waals surface area contributed by atoms with Crippen LogP contribution in [0.1, 0.15) is 51.0 Å². The zero-order chi connectivity index (χ0) is 23.8. The lowest BCUT2D eigenvalue weighted by Crippen LogP contribution is -2.32. The molecule has 0 spiro atoms.